The van der Waals surface area contributed by atoms with E-state index in [-0.39, 0.29) is 11.3 Å². The van der Waals surface area contributed by atoms with Gasteiger partial charge in [0.1, 0.15) is 11.6 Å². The van der Waals surface area contributed by atoms with Gasteiger partial charge in [0.25, 0.3) is 5.91 Å². The number of hydrogen-bond donors (Lipinski definition) is 1. The number of amides is 1. The Kier molecular flexibility index (Phi) is 2.51. The first-order valence-electron chi connectivity index (χ1n) is 3.72. The molecule has 0 aliphatic heterocycles. The molecule has 0 heterocycles. The van der Waals surface area contributed by atoms with Crippen molar-refractivity contribution in [1.29, 1.82) is 0 Å². The molecule has 4 heteroatoms. The van der Waals surface area contributed by atoms with E-state index < -0.39 is 11.7 Å². The number of benzene rings is 1. The number of carbonyl (C=O) groups is 1. The molecule has 0 aromatic heterocycles. The summed E-state index contributed by atoms with van der Waals surface area (Å²) in [7, 11) is 3.07. The predicted molar refractivity (Wildman–Crippen MR) is 46.1 cm³/mol. The lowest BCUT2D eigenvalue weighted by Crippen LogP contribution is -2.22. The third kappa shape index (κ3) is 1.96. The second-order valence-electron chi connectivity index (χ2n) is 2.86. The maximum absolute atomic E-state index is 13.1. The van der Waals surface area contributed by atoms with Crippen LogP contribution in [0, 0.1) is 5.82 Å². The standard InChI is InChI=1S/C9H10FNO2/c1-11(2)9(13)7-4-3-6(12)5-8(7)10/h3-5,12H,1-2H3. The lowest BCUT2D eigenvalue weighted by atomic mass is 10.2. The van der Waals surface area contributed by atoms with Crippen LogP contribution < -0.4 is 0 Å². The van der Waals surface area contributed by atoms with Gasteiger partial charge in [-0.1, -0.05) is 0 Å². The molecule has 0 spiro atoms. The molecule has 3 nitrogen and oxygen atoms in total. The Hall–Kier alpha value is -1.58. The van der Waals surface area contributed by atoms with Crippen molar-refractivity contribution in [3.63, 3.8) is 0 Å². The van der Waals surface area contributed by atoms with E-state index in [0.717, 1.165) is 6.07 Å². The Morgan fingerprint density at radius 1 is 1.46 bits per heavy atom. The molecule has 1 rings (SSSR count). The summed E-state index contributed by atoms with van der Waals surface area (Å²) in [5, 5.41) is 8.89. The van der Waals surface area contributed by atoms with Gasteiger partial charge in [-0.15, -0.1) is 0 Å². The minimum atomic E-state index is -0.710. The first kappa shape index (κ1) is 9.51. The van der Waals surface area contributed by atoms with Crippen molar-refractivity contribution in [2.45, 2.75) is 0 Å². The Morgan fingerprint density at radius 2 is 2.08 bits per heavy atom. The zero-order chi connectivity index (χ0) is 10.0. The Labute approximate surface area is 75.4 Å². The fourth-order valence-corrected chi connectivity index (χ4v) is 0.918. The fourth-order valence-electron chi connectivity index (χ4n) is 0.918. The Bertz CT molecular complexity index is 336. The molecule has 0 bridgehead atoms. The summed E-state index contributed by atoms with van der Waals surface area (Å²) in [5.74, 6) is -1.32. The predicted octanol–water partition coefficient (Wildman–Crippen LogP) is 1.23. The molecule has 0 saturated carbocycles. The minimum absolute atomic E-state index is 0.0391. The highest BCUT2D eigenvalue weighted by atomic mass is 19.1. The van der Waals surface area contributed by atoms with Crippen molar-refractivity contribution in [1.82, 2.24) is 4.90 Å². The summed E-state index contributed by atoms with van der Waals surface area (Å²) >= 11 is 0. The van der Waals surface area contributed by atoms with Gasteiger partial charge in [0.05, 0.1) is 5.56 Å². The average molecular weight is 183 g/mol. The van der Waals surface area contributed by atoms with Crippen LogP contribution in [0.15, 0.2) is 18.2 Å². The van der Waals surface area contributed by atoms with Gasteiger partial charge in [0.15, 0.2) is 0 Å². The minimum Gasteiger partial charge on any atom is -0.508 e. The SMILES string of the molecule is CN(C)C(=O)c1ccc(O)cc1F. The third-order valence-electron chi connectivity index (χ3n) is 1.59. The molecule has 0 aliphatic carbocycles. The largest absolute Gasteiger partial charge is 0.508 e. The summed E-state index contributed by atoms with van der Waals surface area (Å²) in [5.41, 5.74) is -0.0391. The Morgan fingerprint density at radius 3 is 2.54 bits per heavy atom. The summed E-state index contributed by atoms with van der Waals surface area (Å²) in [6, 6.07) is 3.45. The fraction of sp³-hybridized carbons (Fsp3) is 0.222. The second kappa shape index (κ2) is 3.43. The second-order valence-corrected chi connectivity index (χ2v) is 2.86. The van der Waals surface area contributed by atoms with Gasteiger partial charge >= 0.3 is 0 Å². The van der Waals surface area contributed by atoms with Gasteiger partial charge < -0.3 is 10.0 Å². The van der Waals surface area contributed by atoms with Crippen molar-refractivity contribution in [3.8, 4) is 5.75 Å². The molecule has 0 fully saturated rings. The molecule has 0 saturated heterocycles. The van der Waals surface area contributed by atoms with E-state index in [1.807, 2.05) is 0 Å². The number of rotatable bonds is 1. The normalized spacial score (nSPS) is 9.77. The van der Waals surface area contributed by atoms with E-state index in [1.54, 1.807) is 0 Å². The lowest BCUT2D eigenvalue weighted by molar-refractivity contribution is 0.0823. The highest BCUT2D eigenvalue weighted by molar-refractivity contribution is 5.94. The monoisotopic (exact) mass is 183 g/mol. The van der Waals surface area contributed by atoms with E-state index in [0.29, 0.717) is 0 Å². The number of hydrogen-bond acceptors (Lipinski definition) is 2. The highest BCUT2D eigenvalue weighted by Gasteiger charge is 2.13. The zero-order valence-corrected chi connectivity index (χ0v) is 7.41. The molecule has 1 N–H and O–H groups in total. The molecule has 1 aromatic rings. The van der Waals surface area contributed by atoms with Crippen molar-refractivity contribution in [3.05, 3.63) is 29.6 Å². The van der Waals surface area contributed by atoms with Crippen LogP contribution in [0.25, 0.3) is 0 Å². The van der Waals surface area contributed by atoms with E-state index in [9.17, 15) is 9.18 Å². The van der Waals surface area contributed by atoms with Crippen LogP contribution in [-0.2, 0) is 0 Å². The van der Waals surface area contributed by atoms with Gasteiger partial charge in [0, 0.05) is 20.2 Å². The van der Waals surface area contributed by atoms with Gasteiger partial charge in [-0.3, -0.25) is 4.79 Å². The highest BCUT2D eigenvalue weighted by Crippen LogP contribution is 2.15. The zero-order valence-electron chi connectivity index (χ0n) is 7.41. The third-order valence-corrected chi connectivity index (χ3v) is 1.59. The van der Waals surface area contributed by atoms with Crippen LogP contribution in [-0.4, -0.2) is 30.0 Å². The summed E-state index contributed by atoms with van der Waals surface area (Å²) in [6.45, 7) is 0. The molecule has 13 heavy (non-hydrogen) atoms. The molecular formula is C9H10FNO2. The van der Waals surface area contributed by atoms with Gasteiger partial charge in [-0.2, -0.15) is 0 Å². The van der Waals surface area contributed by atoms with Gasteiger partial charge in [-0.05, 0) is 12.1 Å². The summed E-state index contributed by atoms with van der Waals surface area (Å²) < 4.78 is 13.1. The quantitative estimate of drug-likeness (QED) is 0.711. The Balaban J connectivity index is 3.09. The molecule has 0 aliphatic rings. The number of halogens is 1. The van der Waals surface area contributed by atoms with Crippen molar-refractivity contribution < 1.29 is 14.3 Å². The van der Waals surface area contributed by atoms with E-state index in [4.69, 9.17) is 5.11 Å². The van der Waals surface area contributed by atoms with Gasteiger partial charge in [-0.25, -0.2) is 4.39 Å². The molecular weight excluding hydrogens is 173 g/mol. The van der Waals surface area contributed by atoms with Crippen LogP contribution >= 0.6 is 0 Å². The van der Waals surface area contributed by atoms with Gasteiger partial charge in [0.2, 0.25) is 0 Å². The van der Waals surface area contributed by atoms with Crippen LogP contribution in [0.3, 0.4) is 0 Å². The summed E-state index contributed by atoms with van der Waals surface area (Å²) in [6.07, 6.45) is 0. The van der Waals surface area contributed by atoms with E-state index in [2.05, 4.69) is 0 Å². The van der Waals surface area contributed by atoms with Crippen LogP contribution in [0.2, 0.25) is 0 Å². The molecule has 1 aromatic carbocycles. The number of carbonyl (C=O) groups excluding carboxylic acids is 1. The summed E-state index contributed by atoms with van der Waals surface area (Å²) in [4.78, 5) is 12.6. The molecule has 1 amide bonds. The number of aromatic hydroxyl groups is 1. The maximum Gasteiger partial charge on any atom is 0.256 e. The van der Waals surface area contributed by atoms with Crippen LogP contribution in [0.4, 0.5) is 4.39 Å². The van der Waals surface area contributed by atoms with Crippen molar-refractivity contribution >= 4 is 5.91 Å². The first-order chi connectivity index (χ1) is 6.02. The molecule has 0 radical (unpaired) electrons. The number of nitrogens with zero attached hydrogens (tertiary/aromatic N) is 1. The number of phenolic OH excluding ortho intramolecular Hbond substituents is 1. The molecule has 0 atom stereocenters. The van der Waals surface area contributed by atoms with Crippen molar-refractivity contribution in [2.24, 2.45) is 0 Å². The topological polar surface area (TPSA) is 40.5 Å². The van der Waals surface area contributed by atoms with E-state index in [1.165, 1.54) is 31.1 Å². The lowest BCUT2D eigenvalue weighted by Gasteiger charge is -2.10. The van der Waals surface area contributed by atoms with E-state index >= 15 is 0 Å². The van der Waals surface area contributed by atoms with Crippen LogP contribution in [0.1, 0.15) is 10.4 Å². The number of phenols is 1. The molecule has 70 valence electrons. The first-order valence-corrected chi connectivity index (χ1v) is 3.72. The average Bonchev–Trinajstić information content (AvgIpc) is 2.03. The maximum atomic E-state index is 13.1. The molecule has 0 unspecified atom stereocenters. The smallest absolute Gasteiger partial charge is 0.256 e. The van der Waals surface area contributed by atoms with Crippen molar-refractivity contribution in [2.75, 3.05) is 14.1 Å². The van der Waals surface area contributed by atoms with Crippen LogP contribution in [0.5, 0.6) is 5.75 Å².